The van der Waals surface area contributed by atoms with Gasteiger partial charge in [0.1, 0.15) is 5.56 Å². The number of nitrogens with zero attached hydrogens (tertiary/aromatic N) is 2. The molecule has 0 fully saturated rings. The van der Waals surface area contributed by atoms with E-state index >= 15 is 0 Å². The second-order valence-electron chi connectivity index (χ2n) is 9.48. The number of carbonyl (C=O) groups excluding carboxylic acids is 1. The van der Waals surface area contributed by atoms with E-state index < -0.39 is 9.84 Å². The molecular formula is C25H36N2O4S. The summed E-state index contributed by atoms with van der Waals surface area (Å²) in [6, 6.07) is 3.13. The first-order chi connectivity index (χ1) is 14.8. The molecule has 6 nitrogen and oxygen atoms in total. The van der Waals surface area contributed by atoms with E-state index in [1.54, 1.807) is 23.9 Å². The summed E-state index contributed by atoms with van der Waals surface area (Å²) in [5, 5.41) is 4.42. The molecular weight excluding hydrogens is 424 g/mol. The first-order valence-corrected chi connectivity index (χ1v) is 12.9. The average Bonchev–Trinajstić information content (AvgIpc) is 3.05. The smallest absolute Gasteiger partial charge is 0.223 e. The van der Waals surface area contributed by atoms with Gasteiger partial charge in [-0.1, -0.05) is 33.3 Å². The van der Waals surface area contributed by atoms with E-state index in [0.29, 0.717) is 53.1 Å². The summed E-state index contributed by atoms with van der Waals surface area (Å²) in [5.41, 5.74) is 3.92. The summed E-state index contributed by atoms with van der Waals surface area (Å²) in [7, 11) is -3.46. The van der Waals surface area contributed by atoms with Crippen molar-refractivity contribution in [3.63, 3.8) is 0 Å². The number of hydrogen-bond donors (Lipinski definition) is 0. The fourth-order valence-electron chi connectivity index (χ4n) is 3.51. The van der Waals surface area contributed by atoms with Crippen LogP contribution in [0.3, 0.4) is 0 Å². The number of sulfone groups is 1. The Morgan fingerprint density at radius 3 is 2.19 bits per heavy atom. The average molecular weight is 461 g/mol. The Morgan fingerprint density at radius 2 is 1.69 bits per heavy atom. The minimum atomic E-state index is -3.46. The Kier molecular flexibility index (Phi) is 8.10. The standard InChI is InChI=1S/C25H36N2O4S/c1-15(2)13-27-25(31-14-16(3)4)21(12-26-27)24(28)20-10-11-22(32(9,29)30)23(19(20)8)18(7)17(5)6/h10-12,15-16H,13-14H2,1-9H3. The van der Waals surface area contributed by atoms with Gasteiger partial charge in [0.05, 0.1) is 17.7 Å². The molecule has 0 amide bonds. The van der Waals surface area contributed by atoms with Gasteiger partial charge in [-0.05, 0) is 68.4 Å². The van der Waals surface area contributed by atoms with Crippen LogP contribution in [0.1, 0.15) is 75.5 Å². The highest BCUT2D eigenvalue weighted by Gasteiger charge is 2.26. The Hall–Kier alpha value is -2.41. The maximum absolute atomic E-state index is 13.6. The number of aromatic nitrogens is 2. The molecule has 32 heavy (non-hydrogen) atoms. The maximum atomic E-state index is 13.6. The van der Waals surface area contributed by atoms with E-state index in [1.165, 1.54) is 12.3 Å². The number of allylic oxidation sites excluding steroid dienone is 2. The predicted octanol–water partition coefficient (Wildman–Crippen LogP) is 5.33. The van der Waals surface area contributed by atoms with Crippen molar-refractivity contribution in [3.05, 3.63) is 46.2 Å². The molecule has 0 aliphatic heterocycles. The van der Waals surface area contributed by atoms with Crippen LogP contribution in [0.5, 0.6) is 5.88 Å². The van der Waals surface area contributed by atoms with Crippen LogP contribution in [0.15, 0.2) is 28.8 Å². The third kappa shape index (κ3) is 5.68. The number of ether oxygens (including phenoxy) is 1. The van der Waals surface area contributed by atoms with Crippen molar-refractivity contribution in [1.82, 2.24) is 9.78 Å². The van der Waals surface area contributed by atoms with E-state index in [0.717, 1.165) is 11.1 Å². The van der Waals surface area contributed by atoms with Gasteiger partial charge < -0.3 is 4.74 Å². The summed E-state index contributed by atoms with van der Waals surface area (Å²) >= 11 is 0. The van der Waals surface area contributed by atoms with Gasteiger partial charge in [-0.3, -0.25) is 4.79 Å². The Bertz CT molecular complexity index is 1130. The van der Waals surface area contributed by atoms with Crippen LogP contribution >= 0.6 is 0 Å². The van der Waals surface area contributed by atoms with Gasteiger partial charge >= 0.3 is 0 Å². The molecule has 0 bridgehead atoms. The Labute approximate surface area is 192 Å². The third-order valence-corrected chi connectivity index (χ3v) is 6.46. The topological polar surface area (TPSA) is 78.3 Å². The second-order valence-corrected chi connectivity index (χ2v) is 11.5. The van der Waals surface area contributed by atoms with Crippen molar-refractivity contribution in [2.75, 3.05) is 12.9 Å². The molecule has 0 saturated carbocycles. The normalized spacial score (nSPS) is 11.8. The zero-order chi connectivity index (χ0) is 24.4. The minimum Gasteiger partial charge on any atom is -0.477 e. The van der Waals surface area contributed by atoms with Crippen LogP contribution in [-0.2, 0) is 16.4 Å². The lowest BCUT2D eigenvalue weighted by Gasteiger charge is -2.18. The van der Waals surface area contributed by atoms with Gasteiger partial charge in [-0.2, -0.15) is 5.10 Å². The second kappa shape index (κ2) is 10.0. The third-order valence-electron chi connectivity index (χ3n) is 5.32. The molecule has 0 aliphatic rings. The lowest BCUT2D eigenvalue weighted by Crippen LogP contribution is -2.15. The van der Waals surface area contributed by atoms with E-state index in [2.05, 4.69) is 18.9 Å². The van der Waals surface area contributed by atoms with E-state index in [4.69, 9.17) is 4.74 Å². The van der Waals surface area contributed by atoms with Crippen molar-refractivity contribution in [3.8, 4) is 5.88 Å². The number of carbonyl (C=O) groups is 1. The lowest BCUT2D eigenvalue weighted by molar-refractivity contribution is 0.103. The van der Waals surface area contributed by atoms with Crippen LogP contribution < -0.4 is 4.74 Å². The molecule has 2 aromatic rings. The van der Waals surface area contributed by atoms with Crippen molar-refractivity contribution >= 4 is 21.2 Å². The fourth-order valence-corrected chi connectivity index (χ4v) is 4.50. The van der Waals surface area contributed by atoms with Crippen LogP contribution in [0.2, 0.25) is 0 Å². The van der Waals surface area contributed by atoms with Crippen molar-refractivity contribution in [1.29, 1.82) is 0 Å². The largest absolute Gasteiger partial charge is 0.477 e. The van der Waals surface area contributed by atoms with Gasteiger partial charge in [-0.15, -0.1) is 0 Å². The SMILES string of the molecule is CC(C)=C(C)c1c(S(C)(=O)=O)ccc(C(=O)c2cnn(CC(C)C)c2OCC(C)C)c1C. The summed E-state index contributed by atoms with van der Waals surface area (Å²) in [5.74, 6) is 0.869. The molecule has 0 saturated heterocycles. The van der Waals surface area contributed by atoms with Gasteiger partial charge in [0.2, 0.25) is 5.88 Å². The van der Waals surface area contributed by atoms with Gasteiger partial charge in [0.25, 0.3) is 0 Å². The maximum Gasteiger partial charge on any atom is 0.223 e. The molecule has 2 rings (SSSR count). The number of rotatable bonds is 9. The molecule has 0 N–H and O–H groups in total. The summed E-state index contributed by atoms with van der Waals surface area (Å²) < 4.78 is 32.7. The molecule has 0 radical (unpaired) electrons. The van der Waals surface area contributed by atoms with Gasteiger partial charge in [-0.25, -0.2) is 13.1 Å². The summed E-state index contributed by atoms with van der Waals surface area (Å²) in [6.07, 6.45) is 2.75. The quantitative estimate of drug-likeness (QED) is 0.473. The molecule has 1 aromatic carbocycles. The van der Waals surface area contributed by atoms with Crippen molar-refractivity contribution < 1.29 is 17.9 Å². The van der Waals surface area contributed by atoms with Gasteiger partial charge in [0.15, 0.2) is 15.6 Å². The summed E-state index contributed by atoms with van der Waals surface area (Å²) in [6.45, 7) is 16.9. The zero-order valence-electron chi connectivity index (χ0n) is 20.7. The number of hydrogen-bond acceptors (Lipinski definition) is 5. The van der Waals surface area contributed by atoms with E-state index in [-0.39, 0.29) is 10.7 Å². The highest BCUT2D eigenvalue weighted by molar-refractivity contribution is 7.90. The first-order valence-electron chi connectivity index (χ1n) is 11.0. The molecule has 0 spiro atoms. The number of benzene rings is 1. The fraction of sp³-hybridized carbons (Fsp3) is 0.520. The van der Waals surface area contributed by atoms with Crippen LogP contribution in [0.25, 0.3) is 5.57 Å². The lowest BCUT2D eigenvalue weighted by atomic mass is 9.91. The van der Waals surface area contributed by atoms with E-state index in [1.807, 2.05) is 34.6 Å². The number of ketones is 1. The summed E-state index contributed by atoms with van der Waals surface area (Å²) in [4.78, 5) is 13.9. The van der Waals surface area contributed by atoms with Crippen LogP contribution in [-0.4, -0.2) is 36.8 Å². The van der Waals surface area contributed by atoms with Crippen LogP contribution in [0.4, 0.5) is 0 Å². The molecule has 1 heterocycles. The highest BCUT2D eigenvalue weighted by Crippen LogP contribution is 2.33. The van der Waals surface area contributed by atoms with Crippen molar-refractivity contribution in [2.24, 2.45) is 11.8 Å². The predicted molar refractivity (Wildman–Crippen MR) is 129 cm³/mol. The first kappa shape index (κ1) is 25.8. The van der Waals surface area contributed by atoms with Crippen molar-refractivity contribution in [2.45, 2.75) is 66.8 Å². The van der Waals surface area contributed by atoms with E-state index in [9.17, 15) is 13.2 Å². The molecule has 1 aromatic heterocycles. The molecule has 0 unspecified atom stereocenters. The van der Waals surface area contributed by atoms with Crippen LogP contribution in [0, 0.1) is 18.8 Å². The monoisotopic (exact) mass is 460 g/mol. The highest BCUT2D eigenvalue weighted by atomic mass is 32.2. The molecule has 7 heteroatoms. The minimum absolute atomic E-state index is 0.223. The molecule has 0 atom stereocenters. The van der Waals surface area contributed by atoms with Gasteiger partial charge in [0, 0.05) is 18.4 Å². The Morgan fingerprint density at radius 1 is 1.06 bits per heavy atom. The zero-order valence-corrected chi connectivity index (χ0v) is 21.6. The Balaban J connectivity index is 2.69. The molecule has 176 valence electrons. The molecule has 0 aliphatic carbocycles.